The smallest absolute Gasteiger partial charge is 0.338 e. The Balaban J connectivity index is 1.59. The summed E-state index contributed by atoms with van der Waals surface area (Å²) in [5, 5.41) is 12.8. The van der Waals surface area contributed by atoms with Gasteiger partial charge in [0.15, 0.2) is 6.61 Å². The molecule has 1 aromatic heterocycles. The number of nitriles is 1. The SMILES string of the molecule is CCOc1ccc(C(=O)OCC(=O)Nc2sc3c(c2C#N)CCC(C)C3)cc1. The molecular formula is C21H22N2O4S. The van der Waals surface area contributed by atoms with Gasteiger partial charge in [-0.3, -0.25) is 4.79 Å². The third kappa shape index (κ3) is 4.52. The molecule has 146 valence electrons. The van der Waals surface area contributed by atoms with Gasteiger partial charge in [-0.05, 0) is 61.9 Å². The van der Waals surface area contributed by atoms with Crippen molar-refractivity contribution in [1.82, 2.24) is 0 Å². The number of anilines is 1. The number of thiophene rings is 1. The van der Waals surface area contributed by atoms with E-state index in [1.165, 1.54) is 11.3 Å². The molecule has 1 amide bonds. The summed E-state index contributed by atoms with van der Waals surface area (Å²) < 4.78 is 10.4. The second-order valence-electron chi connectivity index (χ2n) is 6.75. The zero-order chi connectivity index (χ0) is 20.1. The van der Waals surface area contributed by atoms with E-state index in [4.69, 9.17) is 9.47 Å². The zero-order valence-electron chi connectivity index (χ0n) is 15.9. The van der Waals surface area contributed by atoms with Crippen molar-refractivity contribution in [2.75, 3.05) is 18.5 Å². The first-order valence-corrected chi connectivity index (χ1v) is 10.1. The number of rotatable bonds is 6. The number of carbonyl (C=O) groups is 2. The first-order valence-electron chi connectivity index (χ1n) is 9.26. The lowest BCUT2D eigenvalue weighted by molar-refractivity contribution is -0.119. The fourth-order valence-electron chi connectivity index (χ4n) is 3.19. The summed E-state index contributed by atoms with van der Waals surface area (Å²) >= 11 is 1.45. The van der Waals surface area contributed by atoms with Crippen molar-refractivity contribution in [3.05, 3.63) is 45.8 Å². The Hall–Kier alpha value is -2.85. The molecule has 0 aliphatic heterocycles. The first kappa shape index (κ1) is 19.9. The molecule has 1 N–H and O–H groups in total. The molecule has 0 saturated heterocycles. The summed E-state index contributed by atoms with van der Waals surface area (Å²) in [5.41, 5.74) is 1.93. The Labute approximate surface area is 168 Å². The molecule has 6 nitrogen and oxygen atoms in total. The van der Waals surface area contributed by atoms with E-state index in [0.717, 1.165) is 29.7 Å². The van der Waals surface area contributed by atoms with Crippen LogP contribution in [0.4, 0.5) is 5.00 Å². The molecule has 3 rings (SSSR count). The lowest BCUT2D eigenvalue weighted by atomic mass is 9.89. The van der Waals surface area contributed by atoms with Crippen molar-refractivity contribution in [3.8, 4) is 11.8 Å². The lowest BCUT2D eigenvalue weighted by Gasteiger charge is -2.17. The van der Waals surface area contributed by atoms with Gasteiger partial charge in [0.2, 0.25) is 0 Å². The second-order valence-corrected chi connectivity index (χ2v) is 7.85. The monoisotopic (exact) mass is 398 g/mol. The average Bonchev–Trinajstić information content (AvgIpc) is 3.02. The van der Waals surface area contributed by atoms with Crippen molar-refractivity contribution in [2.45, 2.75) is 33.1 Å². The van der Waals surface area contributed by atoms with Gasteiger partial charge in [0.25, 0.3) is 5.91 Å². The second kappa shape index (κ2) is 8.89. The maximum atomic E-state index is 12.2. The summed E-state index contributed by atoms with van der Waals surface area (Å²) in [7, 11) is 0. The van der Waals surface area contributed by atoms with Crippen LogP contribution in [0.15, 0.2) is 24.3 Å². The van der Waals surface area contributed by atoms with Gasteiger partial charge in [-0.25, -0.2) is 4.79 Å². The van der Waals surface area contributed by atoms with Crippen molar-refractivity contribution in [1.29, 1.82) is 5.26 Å². The van der Waals surface area contributed by atoms with E-state index < -0.39 is 18.5 Å². The van der Waals surface area contributed by atoms with Crippen LogP contribution in [0, 0.1) is 17.2 Å². The molecule has 1 aliphatic rings. The van der Waals surface area contributed by atoms with Crippen LogP contribution in [0.1, 0.15) is 46.6 Å². The van der Waals surface area contributed by atoms with E-state index >= 15 is 0 Å². The number of hydrogen-bond donors (Lipinski definition) is 1. The molecule has 0 saturated carbocycles. The van der Waals surface area contributed by atoms with E-state index in [0.29, 0.717) is 34.4 Å². The maximum Gasteiger partial charge on any atom is 0.338 e. The van der Waals surface area contributed by atoms with Crippen molar-refractivity contribution in [2.24, 2.45) is 5.92 Å². The fourth-order valence-corrected chi connectivity index (χ4v) is 4.57. The van der Waals surface area contributed by atoms with Crippen LogP contribution in [0.5, 0.6) is 5.75 Å². The molecule has 2 aromatic rings. The number of ether oxygens (including phenoxy) is 2. The van der Waals surface area contributed by atoms with E-state index in [9.17, 15) is 14.9 Å². The summed E-state index contributed by atoms with van der Waals surface area (Å²) in [6.45, 7) is 4.20. The van der Waals surface area contributed by atoms with Crippen LogP contribution in [0.3, 0.4) is 0 Å². The van der Waals surface area contributed by atoms with E-state index in [1.54, 1.807) is 24.3 Å². The molecule has 1 unspecified atom stereocenters. The Morgan fingerprint density at radius 3 is 2.75 bits per heavy atom. The topological polar surface area (TPSA) is 88.4 Å². The van der Waals surface area contributed by atoms with Gasteiger partial charge in [0, 0.05) is 4.88 Å². The van der Waals surface area contributed by atoms with E-state index in [1.807, 2.05) is 6.92 Å². The Kier molecular flexibility index (Phi) is 6.32. The van der Waals surface area contributed by atoms with Crippen LogP contribution in [-0.4, -0.2) is 25.1 Å². The number of hydrogen-bond acceptors (Lipinski definition) is 6. The van der Waals surface area contributed by atoms with Gasteiger partial charge in [-0.15, -0.1) is 11.3 Å². The number of fused-ring (bicyclic) bond motifs is 1. The number of nitrogens with zero attached hydrogens (tertiary/aromatic N) is 1. The van der Waals surface area contributed by atoms with Crippen LogP contribution in [0.2, 0.25) is 0 Å². The quantitative estimate of drug-likeness (QED) is 0.745. The molecule has 0 radical (unpaired) electrons. The van der Waals surface area contributed by atoms with Crippen LogP contribution < -0.4 is 10.1 Å². The highest BCUT2D eigenvalue weighted by Crippen LogP contribution is 2.39. The van der Waals surface area contributed by atoms with E-state index in [2.05, 4.69) is 18.3 Å². The largest absolute Gasteiger partial charge is 0.494 e. The molecule has 1 heterocycles. The highest BCUT2D eigenvalue weighted by atomic mass is 32.1. The minimum Gasteiger partial charge on any atom is -0.494 e. The summed E-state index contributed by atoms with van der Waals surface area (Å²) in [4.78, 5) is 25.5. The molecule has 1 aromatic carbocycles. The molecule has 0 spiro atoms. The summed E-state index contributed by atoms with van der Waals surface area (Å²) in [5.74, 6) is 0.202. The lowest BCUT2D eigenvalue weighted by Crippen LogP contribution is -2.20. The standard InChI is InChI=1S/C21H22N2O4S/c1-3-26-15-7-5-14(6-8-15)21(25)27-12-19(24)23-20-17(11-22)16-9-4-13(2)10-18(16)28-20/h5-8,13H,3-4,9-10,12H2,1-2H3,(H,23,24). The predicted molar refractivity (Wildman–Crippen MR) is 107 cm³/mol. The highest BCUT2D eigenvalue weighted by molar-refractivity contribution is 7.16. The highest BCUT2D eigenvalue weighted by Gasteiger charge is 2.24. The number of esters is 1. The molecule has 0 fully saturated rings. The predicted octanol–water partition coefficient (Wildman–Crippen LogP) is 3.94. The minimum atomic E-state index is -0.585. The number of amides is 1. The average molecular weight is 398 g/mol. The van der Waals surface area contributed by atoms with Crippen molar-refractivity contribution >= 4 is 28.2 Å². The molecule has 0 bridgehead atoms. The summed E-state index contributed by atoms with van der Waals surface area (Å²) in [6.07, 6.45) is 2.83. The van der Waals surface area contributed by atoms with E-state index in [-0.39, 0.29) is 0 Å². The van der Waals surface area contributed by atoms with Crippen molar-refractivity contribution in [3.63, 3.8) is 0 Å². The van der Waals surface area contributed by atoms with Gasteiger partial charge in [-0.2, -0.15) is 5.26 Å². The molecule has 28 heavy (non-hydrogen) atoms. The third-order valence-corrected chi connectivity index (χ3v) is 5.78. The Bertz CT molecular complexity index is 912. The Morgan fingerprint density at radius 2 is 2.07 bits per heavy atom. The normalized spacial score (nSPS) is 15.2. The minimum absolute atomic E-state index is 0.342. The molecule has 1 atom stereocenters. The van der Waals surface area contributed by atoms with Crippen LogP contribution in [-0.2, 0) is 22.4 Å². The van der Waals surface area contributed by atoms with Gasteiger partial charge in [0.05, 0.1) is 17.7 Å². The number of carbonyl (C=O) groups excluding carboxylic acids is 2. The molecule has 1 aliphatic carbocycles. The number of nitrogens with one attached hydrogen (secondary N) is 1. The zero-order valence-corrected chi connectivity index (χ0v) is 16.7. The van der Waals surface area contributed by atoms with Gasteiger partial charge >= 0.3 is 5.97 Å². The first-order chi connectivity index (χ1) is 13.5. The van der Waals surface area contributed by atoms with Crippen LogP contribution in [0.25, 0.3) is 0 Å². The van der Waals surface area contributed by atoms with Crippen LogP contribution >= 0.6 is 11.3 Å². The molecular weight excluding hydrogens is 376 g/mol. The number of benzene rings is 1. The Morgan fingerprint density at radius 1 is 1.32 bits per heavy atom. The van der Waals surface area contributed by atoms with Gasteiger partial charge in [0.1, 0.15) is 16.8 Å². The summed E-state index contributed by atoms with van der Waals surface area (Å²) in [6, 6.07) is 8.74. The van der Waals surface area contributed by atoms with Crippen molar-refractivity contribution < 1.29 is 19.1 Å². The molecule has 7 heteroatoms. The third-order valence-electron chi connectivity index (χ3n) is 4.61. The maximum absolute atomic E-state index is 12.2. The van der Waals surface area contributed by atoms with Gasteiger partial charge < -0.3 is 14.8 Å². The fraction of sp³-hybridized carbons (Fsp3) is 0.381. The van der Waals surface area contributed by atoms with Gasteiger partial charge in [-0.1, -0.05) is 6.92 Å².